The molecule has 0 aromatic carbocycles. The van der Waals surface area contributed by atoms with Crippen LogP contribution in [0.2, 0.25) is 0 Å². The monoisotopic (exact) mass is 198 g/mol. The molecule has 1 rings (SSSR count). The summed E-state index contributed by atoms with van der Waals surface area (Å²) < 4.78 is 5.07. The summed E-state index contributed by atoms with van der Waals surface area (Å²) in [6, 6.07) is 3.63. The van der Waals surface area contributed by atoms with E-state index in [1.54, 1.807) is 6.07 Å². The number of carbonyl (C=O) groups excluding carboxylic acids is 1. The van der Waals surface area contributed by atoms with E-state index in [4.69, 9.17) is 4.74 Å². The average Bonchev–Trinajstić information content (AvgIpc) is 2.55. The first-order chi connectivity index (χ1) is 6.20. The van der Waals surface area contributed by atoms with Gasteiger partial charge in [0.05, 0.1) is 6.61 Å². The highest BCUT2D eigenvalue weighted by Crippen LogP contribution is 2.10. The third-order valence-corrected chi connectivity index (χ3v) is 2.50. The highest BCUT2D eigenvalue weighted by atomic mass is 32.1. The summed E-state index contributed by atoms with van der Waals surface area (Å²) in [5.74, 6) is 0.381. The molecule has 0 N–H and O–H groups in total. The zero-order valence-corrected chi connectivity index (χ0v) is 8.76. The predicted octanol–water partition coefficient (Wildman–Crippen LogP) is 2.95. The smallest absolute Gasteiger partial charge is 0.348 e. The van der Waals surface area contributed by atoms with Crippen LogP contribution in [0.1, 0.15) is 29.9 Å². The van der Waals surface area contributed by atoms with Gasteiger partial charge < -0.3 is 4.74 Å². The molecule has 1 aromatic heterocycles. The molecule has 3 heteroatoms. The summed E-state index contributed by atoms with van der Waals surface area (Å²) in [4.78, 5) is 12.0. The molecule has 72 valence electrons. The Balaban J connectivity index is 2.27. The van der Waals surface area contributed by atoms with Crippen molar-refractivity contribution in [3.8, 4) is 0 Å². The predicted molar refractivity (Wildman–Crippen MR) is 54.1 cm³/mol. The van der Waals surface area contributed by atoms with Gasteiger partial charge in [0.1, 0.15) is 4.88 Å². The number of hydrogen-bond acceptors (Lipinski definition) is 3. The SMILES string of the molecule is CC(C)CCOC(=O)c1cccs1. The highest BCUT2D eigenvalue weighted by Gasteiger charge is 2.07. The van der Waals surface area contributed by atoms with E-state index < -0.39 is 0 Å². The van der Waals surface area contributed by atoms with Crippen molar-refractivity contribution in [3.05, 3.63) is 22.4 Å². The number of hydrogen-bond donors (Lipinski definition) is 0. The van der Waals surface area contributed by atoms with Crippen molar-refractivity contribution in [3.63, 3.8) is 0 Å². The van der Waals surface area contributed by atoms with Crippen molar-refractivity contribution in [1.29, 1.82) is 0 Å². The van der Waals surface area contributed by atoms with Crippen LogP contribution in [0.4, 0.5) is 0 Å². The van der Waals surface area contributed by atoms with E-state index in [0.29, 0.717) is 17.4 Å². The summed E-state index contributed by atoms with van der Waals surface area (Å²) >= 11 is 1.42. The molecule has 0 amide bonds. The lowest BCUT2D eigenvalue weighted by Gasteiger charge is -2.04. The zero-order chi connectivity index (χ0) is 9.68. The fourth-order valence-electron chi connectivity index (χ4n) is 0.853. The fraction of sp³-hybridized carbons (Fsp3) is 0.500. The molecule has 0 saturated carbocycles. The van der Waals surface area contributed by atoms with Crippen LogP contribution in [0.3, 0.4) is 0 Å². The maximum atomic E-state index is 11.3. The third kappa shape index (κ3) is 3.59. The van der Waals surface area contributed by atoms with E-state index in [-0.39, 0.29) is 5.97 Å². The van der Waals surface area contributed by atoms with Crippen LogP contribution >= 0.6 is 11.3 Å². The lowest BCUT2D eigenvalue weighted by atomic mass is 10.1. The van der Waals surface area contributed by atoms with Gasteiger partial charge in [0.25, 0.3) is 0 Å². The molecule has 0 aliphatic carbocycles. The van der Waals surface area contributed by atoms with Gasteiger partial charge in [0.15, 0.2) is 0 Å². The van der Waals surface area contributed by atoms with Crippen LogP contribution in [-0.4, -0.2) is 12.6 Å². The Morgan fingerprint density at radius 3 is 2.92 bits per heavy atom. The Morgan fingerprint density at radius 1 is 1.62 bits per heavy atom. The number of thiophene rings is 1. The van der Waals surface area contributed by atoms with E-state index in [9.17, 15) is 4.79 Å². The highest BCUT2D eigenvalue weighted by molar-refractivity contribution is 7.11. The second-order valence-electron chi connectivity index (χ2n) is 3.30. The Hall–Kier alpha value is -0.830. The number of rotatable bonds is 4. The molecule has 2 nitrogen and oxygen atoms in total. The molecule has 0 fully saturated rings. The Morgan fingerprint density at radius 2 is 2.38 bits per heavy atom. The van der Waals surface area contributed by atoms with Crippen LogP contribution in [-0.2, 0) is 4.74 Å². The number of esters is 1. The van der Waals surface area contributed by atoms with Gasteiger partial charge in [-0.05, 0) is 23.8 Å². The first kappa shape index (κ1) is 10.3. The second-order valence-corrected chi connectivity index (χ2v) is 4.24. The van der Waals surface area contributed by atoms with Crippen molar-refractivity contribution in [2.24, 2.45) is 5.92 Å². The van der Waals surface area contributed by atoms with Gasteiger partial charge in [-0.1, -0.05) is 19.9 Å². The van der Waals surface area contributed by atoms with Crippen molar-refractivity contribution in [1.82, 2.24) is 0 Å². The van der Waals surface area contributed by atoms with Gasteiger partial charge in [-0.25, -0.2) is 4.79 Å². The van der Waals surface area contributed by atoms with Gasteiger partial charge >= 0.3 is 5.97 Å². The summed E-state index contributed by atoms with van der Waals surface area (Å²) in [6.45, 7) is 4.74. The molecule has 0 aliphatic rings. The second kappa shape index (κ2) is 5.02. The number of ether oxygens (including phenoxy) is 1. The van der Waals surface area contributed by atoms with E-state index in [1.165, 1.54) is 11.3 Å². The van der Waals surface area contributed by atoms with Gasteiger partial charge in [0.2, 0.25) is 0 Å². The fourth-order valence-corrected chi connectivity index (χ4v) is 1.47. The largest absolute Gasteiger partial charge is 0.461 e. The van der Waals surface area contributed by atoms with Crippen molar-refractivity contribution in [2.45, 2.75) is 20.3 Å². The minimum absolute atomic E-state index is 0.198. The first-order valence-electron chi connectivity index (χ1n) is 4.41. The lowest BCUT2D eigenvalue weighted by Crippen LogP contribution is -2.06. The zero-order valence-electron chi connectivity index (χ0n) is 7.95. The van der Waals surface area contributed by atoms with Gasteiger partial charge in [-0.2, -0.15) is 0 Å². The van der Waals surface area contributed by atoms with Crippen molar-refractivity contribution < 1.29 is 9.53 Å². The van der Waals surface area contributed by atoms with Crippen LogP contribution in [0, 0.1) is 5.92 Å². The molecular formula is C10H14O2S. The molecule has 13 heavy (non-hydrogen) atoms. The normalized spacial score (nSPS) is 10.4. The van der Waals surface area contributed by atoms with E-state index in [2.05, 4.69) is 13.8 Å². The molecule has 0 spiro atoms. The first-order valence-corrected chi connectivity index (χ1v) is 5.28. The molecule has 0 atom stereocenters. The molecule has 1 aromatic rings. The van der Waals surface area contributed by atoms with Crippen LogP contribution < -0.4 is 0 Å². The Labute approximate surface area is 82.5 Å². The van der Waals surface area contributed by atoms with E-state index in [1.807, 2.05) is 11.4 Å². The maximum Gasteiger partial charge on any atom is 0.348 e. The standard InChI is InChI=1S/C10H14O2S/c1-8(2)5-6-12-10(11)9-4-3-7-13-9/h3-4,7-8H,5-6H2,1-2H3. The van der Waals surface area contributed by atoms with Crippen LogP contribution in [0.15, 0.2) is 17.5 Å². The molecular weight excluding hydrogens is 184 g/mol. The molecule has 1 heterocycles. The maximum absolute atomic E-state index is 11.3. The Kier molecular flexibility index (Phi) is 3.96. The molecule has 0 bridgehead atoms. The molecule has 0 unspecified atom stereocenters. The topological polar surface area (TPSA) is 26.3 Å². The van der Waals surface area contributed by atoms with Gasteiger partial charge in [0, 0.05) is 0 Å². The third-order valence-electron chi connectivity index (χ3n) is 1.65. The van der Waals surface area contributed by atoms with E-state index in [0.717, 1.165) is 6.42 Å². The lowest BCUT2D eigenvalue weighted by molar-refractivity contribution is 0.0494. The van der Waals surface area contributed by atoms with Crippen molar-refractivity contribution in [2.75, 3.05) is 6.61 Å². The average molecular weight is 198 g/mol. The quantitative estimate of drug-likeness (QED) is 0.695. The van der Waals surface area contributed by atoms with Crippen molar-refractivity contribution >= 4 is 17.3 Å². The number of carbonyl (C=O) groups is 1. The minimum atomic E-state index is -0.198. The minimum Gasteiger partial charge on any atom is -0.461 e. The summed E-state index contributed by atoms with van der Waals surface area (Å²) in [7, 11) is 0. The molecule has 0 saturated heterocycles. The van der Waals surface area contributed by atoms with Crippen LogP contribution in [0.5, 0.6) is 0 Å². The van der Waals surface area contributed by atoms with Gasteiger partial charge in [-0.15, -0.1) is 11.3 Å². The van der Waals surface area contributed by atoms with Gasteiger partial charge in [-0.3, -0.25) is 0 Å². The Bertz CT molecular complexity index is 252. The van der Waals surface area contributed by atoms with E-state index >= 15 is 0 Å². The molecule has 0 radical (unpaired) electrons. The summed E-state index contributed by atoms with van der Waals surface area (Å²) in [5.41, 5.74) is 0. The summed E-state index contributed by atoms with van der Waals surface area (Å²) in [5, 5.41) is 1.87. The van der Waals surface area contributed by atoms with Crippen LogP contribution in [0.25, 0.3) is 0 Å². The summed E-state index contributed by atoms with van der Waals surface area (Å²) in [6.07, 6.45) is 0.928. The molecule has 0 aliphatic heterocycles.